The number of benzene rings is 2. The van der Waals surface area contributed by atoms with E-state index >= 15 is 0 Å². The van der Waals surface area contributed by atoms with Crippen LogP contribution in [-0.4, -0.2) is 23.0 Å². The summed E-state index contributed by atoms with van der Waals surface area (Å²) in [6.45, 7) is 0. The van der Waals surface area contributed by atoms with Crippen LogP contribution in [0, 0.1) is 0 Å². The second-order valence-electron chi connectivity index (χ2n) is 6.02. The largest absolute Gasteiger partial charge is 0.497 e. The van der Waals surface area contributed by atoms with Gasteiger partial charge in [-0.2, -0.15) is 0 Å². The molecule has 138 valence electrons. The van der Waals surface area contributed by atoms with Crippen LogP contribution < -0.4 is 10.1 Å². The van der Waals surface area contributed by atoms with Gasteiger partial charge in [-0.05, 0) is 48.5 Å². The smallest absolute Gasteiger partial charge is 0.255 e. The molecule has 0 aliphatic carbocycles. The first kappa shape index (κ1) is 17.9. The molecule has 0 spiro atoms. The lowest BCUT2D eigenvalue weighted by atomic mass is 10.1. The molecule has 0 fully saturated rings. The number of carbonyl (C=O) groups excluding carboxylic acids is 1. The van der Waals surface area contributed by atoms with Crippen LogP contribution in [0.5, 0.6) is 5.75 Å². The van der Waals surface area contributed by atoms with E-state index in [0.29, 0.717) is 17.0 Å². The van der Waals surface area contributed by atoms with Gasteiger partial charge in [-0.15, -0.1) is 11.3 Å². The monoisotopic (exact) mass is 387 g/mol. The number of hydrogen-bond acceptors (Lipinski definition) is 5. The average molecular weight is 387 g/mol. The van der Waals surface area contributed by atoms with Gasteiger partial charge in [-0.3, -0.25) is 9.78 Å². The summed E-state index contributed by atoms with van der Waals surface area (Å²) in [5.41, 5.74) is 3.92. The number of ether oxygens (including phenoxy) is 1. The highest BCUT2D eigenvalue weighted by Gasteiger charge is 2.10. The normalized spacial score (nSPS) is 10.5. The van der Waals surface area contributed by atoms with Crippen LogP contribution in [0.4, 0.5) is 5.69 Å². The summed E-state index contributed by atoms with van der Waals surface area (Å²) in [7, 11) is 1.60. The van der Waals surface area contributed by atoms with Crippen LogP contribution >= 0.6 is 11.3 Å². The maximum atomic E-state index is 12.5. The van der Waals surface area contributed by atoms with Crippen molar-refractivity contribution in [1.82, 2.24) is 9.97 Å². The van der Waals surface area contributed by atoms with Gasteiger partial charge in [-0.25, -0.2) is 4.98 Å². The van der Waals surface area contributed by atoms with Crippen molar-refractivity contribution in [2.45, 2.75) is 0 Å². The van der Waals surface area contributed by atoms with Crippen molar-refractivity contribution in [3.63, 3.8) is 0 Å². The fourth-order valence-corrected chi connectivity index (χ4v) is 3.52. The van der Waals surface area contributed by atoms with Crippen molar-refractivity contribution in [3.8, 4) is 27.7 Å². The van der Waals surface area contributed by atoms with Gasteiger partial charge in [-0.1, -0.05) is 18.2 Å². The number of pyridine rings is 1. The zero-order chi connectivity index (χ0) is 19.3. The fraction of sp³-hybridized carbons (Fsp3) is 0.0455. The second kappa shape index (κ2) is 8.02. The summed E-state index contributed by atoms with van der Waals surface area (Å²) in [6, 6.07) is 20.4. The summed E-state index contributed by atoms with van der Waals surface area (Å²) in [5, 5.41) is 5.79. The van der Waals surface area contributed by atoms with Gasteiger partial charge < -0.3 is 10.1 Å². The first-order valence-corrected chi connectivity index (χ1v) is 9.54. The van der Waals surface area contributed by atoms with Gasteiger partial charge in [0.1, 0.15) is 10.8 Å². The lowest BCUT2D eigenvalue weighted by molar-refractivity contribution is 0.102. The number of nitrogens with one attached hydrogen (secondary N) is 1. The van der Waals surface area contributed by atoms with Gasteiger partial charge in [0.15, 0.2) is 0 Å². The van der Waals surface area contributed by atoms with E-state index in [4.69, 9.17) is 4.74 Å². The Kier molecular flexibility index (Phi) is 5.12. The average Bonchev–Trinajstić information content (AvgIpc) is 3.25. The third-order valence-corrected chi connectivity index (χ3v) is 5.02. The molecule has 6 heteroatoms. The molecule has 2 heterocycles. The predicted octanol–water partition coefficient (Wildman–Crippen LogP) is 5.13. The number of anilines is 1. The number of aromatic nitrogens is 2. The Morgan fingerprint density at radius 2 is 1.86 bits per heavy atom. The molecular weight excluding hydrogens is 370 g/mol. The maximum Gasteiger partial charge on any atom is 0.255 e. The zero-order valence-corrected chi connectivity index (χ0v) is 15.9. The molecule has 5 nitrogen and oxygen atoms in total. The van der Waals surface area contributed by atoms with E-state index in [-0.39, 0.29) is 5.91 Å². The highest BCUT2D eigenvalue weighted by molar-refractivity contribution is 7.13. The molecule has 0 unspecified atom stereocenters. The van der Waals surface area contributed by atoms with Crippen LogP contribution in [-0.2, 0) is 0 Å². The van der Waals surface area contributed by atoms with Crippen molar-refractivity contribution in [3.05, 3.63) is 83.9 Å². The summed E-state index contributed by atoms with van der Waals surface area (Å²) >= 11 is 1.54. The molecular formula is C22H17N3O2S. The van der Waals surface area contributed by atoms with E-state index in [1.807, 2.05) is 47.8 Å². The summed E-state index contributed by atoms with van der Waals surface area (Å²) in [6.07, 6.45) is 1.76. The van der Waals surface area contributed by atoms with Gasteiger partial charge in [0.25, 0.3) is 5.91 Å². The topological polar surface area (TPSA) is 64.1 Å². The standard InChI is InChI=1S/C22H17N3O2S/c1-27-18-10-8-15(9-11-18)21(26)24-17-6-4-5-16(13-17)20-14-28-22(25-20)19-7-2-3-12-23-19/h2-14H,1H3,(H,24,26). The molecule has 4 aromatic rings. The van der Waals surface area contributed by atoms with Gasteiger partial charge in [0.05, 0.1) is 18.5 Å². The molecule has 2 aromatic carbocycles. The molecule has 0 atom stereocenters. The molecule has 1 N–H and O–H groups in total. The van der Waals surface area contributed by atoms with Crippen LogP contribution in [0.15, 0.2) is 78.3 Å². The number of methoxy groups -OCH3 is 1. The number of nitrogens with zero attached hydrogens (tertiary/aromatic N) is 2. The first-order chi connectivity index (χ1) is 13.7. The van der Waals surface area contributed by atoms with Crippen LogP contribution in [0.3, 0.4) is 0 Å². The number of rotatable bonds is 5. The van der Waals surface area contributed by atoms with Gasteiger partial charge >= 0.3 is 0 Å². The minimum atomic E-state index is -0.174. The van der Waals surface area contributed by atoms with E-state index in [1.165, 1.54) is 0 Å². The molecule has 0 radical (unpaired) electrons. The maximum absolute atomic E-state index is 12.5. The number of amides is 1. The van der Waals surface area contributed by atoms with E-state index in [1.54, 1.807) is 48.9 Å². The van der Waals surface area contributed by atoms with Crippen LogP contribution in [0.2, 0.25) is 0 Å². The lowest BCUT2D eigenvalue weighted by Gasteiger charge is -2.07. The minimum Gasteiger partial charge on any atom is -0.497 e. The Morgan fingerprint density at radius 3 is 2.61 bits per heavy atom. The highest BCUT2D eigenvalue weighted by Crippen LogP contribution is 2.29. The van der Waals surface area contributed by atoms with Crippen LogP contribution in [0.25, 0.3) is 22.0 Å². The third-order valence-electron chi connectivity index (χ3n) is 4.16. The molecule has 0 saturated carbocycles. The van der Waals surface area contributed by atoms with E-state index < -0.39 is 0 Å². The molecule has 0 aliphatic heterocycles. The van der Waals surface area contributed by atoms with Crippen molar-refractivity contribution in [1.29, 1.82) is 0 Å². The Morgan fingerprint density at radius 1 is 1.00 bits per heavy atom. The Hall–Kier alpha value is -3.51. The predicted molar refractivity (Wildman–Crippen MR) is 112 cm³/mol. The van der Waals surface area contributed by atoms with Crippen molar-refractivity contribution < 1.29 is 9.53 Å². The molecule has 28 heavy (non-hydrogen) atoms. The zero-order valence-electron chi connectivity index (χ0n) is 15.1. The highest BCUT2D eigenvalue weighted by atomic mass is 32.1. The molecule has 0 saturated heterocycles. The summed E-state index contributed by atoms with van der Waals surface area (Å²) in [5.74, 6) is 0.540. The minimum absolute atomic E-state index is 0.174. The van der Waals surface area contributed by atoms with E-state index in [0.717, 1.165) is 22.0 Å². The van der Waals surface area contributed by atoms with Gasteiger partial charge in [0, 0.05) is 28.4 Å². The molecule has 0 aliphatic rings. The van der Waals surface area contributed by atoms with Crippen LogP contribution in [0.1, 0.15) is 10.4 Å². The summed E-state index contributed by atoms with van der Waals surface area (Å²) in [4.78, 5) is 21.5. The molecule has 2 aromatic heterocycles. The van der Waals surface area contributed by atoms with Crippen molar-refractivity contribution in [2.24, 2.45) is 0 Å². The SMILES string of the molecule is COc1ccc(C(=O)Nc2cccc(-c3csc(-c4ccccn4)n3)c2)cc1. The Balaban J connectivity index is 1.53. The van der Waals surface area contributed by atoms with Gasteiger partial charge in [0.2, 0.25) is 0 Å². The second-order valence-corrected chi connectivity index (χ2v) is 6.87. The first-order valence-electron chi connectivity index (χ1n) is 8.66. The number of thiazole rings is 1. The molecule has 0 bridgehead atoms. The van der Waals surface area contributed by atoms with Crippen molar-refractivity contribution in [2.75, 3.05) is 12.4 Å². The number of carbonyl (C=O) groups is 1. The summed E-state index contributed by atoms with van der Waals surface area (Å²) < 4.78 is 5.12. The van der Waals surface area contributed by atoms with Crippen molar-refractivity contribution >= 4 is 22.9 Å². The Bertz CT molecular complexity index is 1090. The lowest BCUT2D eigenvalue weighted by Crippen LogP contribution is -2.11. The molecule has 1 amide bonds. The van der Waals surface area contributed by atoms with E-state index in [2.05, 4.69) is 15.3 Å². The fourth-order valence-electron chi connectivity index (χ4n) is 2.72. The van der Waals surface area contributed by atoms with E-state index in [9.17, 15) is 4.79 Å². The third kappa shape index (κ3) is 3.92. The Labute approximate surface area is 166 Å². The molecule has 4 rings (SSSR count). The quantitative estimate of drug-likeness (QED) is 0.515. The number of hydrogen-bond donors (Lipinski definition) is 1.